The van der Waals surface area contributed by atoms with Crippen LogP contribution in [-0.2, 0) is 23.5 Å². The number of rotatable bonds is 5. The van der Waals surface area contributed by atoms with Gasteiger partial charge in [-0.05, 0) is 69.3 Å². The molecule has 4 atom stereocenters. The highest BCUT2D eigenvalue weighted by Gasteiger charge is 2.42. The first-order chi connectivity index (χ1) is 20.2. The Hall–Kier alpha value is -3.13. The van der Waals surface area contributed by atoms with Gasteiger partial charge in [0, 0.05) is 31.2 Å². The van der Waals surface area contributed by atoms with Gasteiger partial charge in [0.2, 0.25) is 0 Å². The van der Waals surface area contributed by atoms with Crippen LogP contribution in [0, 0.1) is 12.8 Å². The van der Waals surface area contributed by atoms with Gasteiger partial charge in [0.25, 0.3) is 0 Å². The minimum atomic E-state index is -4.99. The molecular formula is C30H35F6N5O2. The molecule has 0 aliphatic carbocycles. The van der Waals surface area contributed by atoms with Crippen molar-refractivity contribution in [3.05, 3.63) is 76.4 Å². The van der Waals surface area contributed by atoms with Gasteiger partial charge in [-0.1, -0.05) is 24.3 Å². The third-order valence-electron chi connectivity index (χ3n) is 8.39. The number of hydroxylamine groups is 2. The lowest BCUT2D eigenvalue weighted by molar-refractivity contribution is -0.143. The van der Waals surface area contributed by atoms with E-state index in [0.29, 0.717) is 35.8 Å². The molecule has 2 aromatic carbocycles. The maximum absolute atomic E-state index is 13.7. The summed E-state index contributed by atoms with van der Waals surface area (Å²) in [5.74, 6) is -0.380. The fraction of sp³-hybridized carbons (Fsp3) is 0.500. The summed E-state index contributed by atoms with van der Waals surface area (Å²) in [6.07, 6.45) is -8.25. The molecule has 0 bridgehead atoms. The van der Waals surface area contributed by atoms with Crippen molar-refractivity contribution < 1.29 is 36.3 Å². The highest BCUT2D eigenvalue weighted by atomic mass is 19.4. The van der Waals surface area contributed by atoms with Crippen LogP contribution in [-0.4, -0.2) is 84.7 Å². The topological polar surface area (TPSA) is 63.6 Å². The van der Waals surface area contributed by atoms with Crippen molar-refractivity contribution in [1.29, 1.82) is 0 Å². The van der Waals surface area contributed by atoms with Crippen LogP contribution in [0.4, 0.5) is 26.3 Å². The minimum Gasteiger partial charge on any atom is -0.458 e. The van der Waals surface area contributed by atoms with Gasteiger partial charge in [0.15, 0.2) is 12.1 Å². The van der Waals surface area contributed by atoms with Crippen molar-refractivity contribution in [2.24, 2.45) is 10.9 Å². The number of aliphatic imine (C=N–C) groups is 1. The molecule has 13 heteroatoms. The number of fused-ring (bicyclic) bond motifs is 1. The molecule has 0 amide bonds. The van der Waals surface area contributed by atoms with Crippen LogP contribution in [0.5, 0.6) is 0 Å². The number of ether oxygens (including phenoxy) is 1. The lowest BCUT2D eigenvalue weighted by atomic mass is 9.89. The molecule has 0 aromatic heterocycles. The quantitative estimate of drug-likeness (QED) is 0.451. The Morgan fingerprint density at radius 2 is 1.72 bits per heavy atom. The number of aryl methyl sites for hydroxylation is 1. The van der Waals surface area contributed by atoms with Crippen molar-refractivity contribution in [1.82, 2.24) is 20.2 Å². The molecule has 2 N–H and O–H groups in total. The van der Waals surface area contributed by atoms with Crippen LogP contribution in [0.1, 0.15) is 34.2 Å². The maximum Gasteiger partial charge on any atom is 0.416 e. The second kappa shape index (κ2) is 12.1. The first-order valence-corrected chi connectivity index (χ1v) is 14.1. The summed E-state index contributed by atoms with van der Waals surface area (Å²) in [5, 5.41) is 16.0. The monoisotopic (exact) mass is 611 g/mol. The summed E-state index contributed by atoms with van der Waals surface area (Å²) in [7, 11) is 4.01. The third-order valence-corrected chi connectivity index (χ3v) is 8.39. The number of alkyl halides is 6. The van der Waals surface area contributed by atoms with E-state index in [-0.39, 0.29) is 37.3 Å². The summed E-state index contributed by atoms with van der Waals surface area (Å²) in [6.45, 7) is 3.77. The van der Waals surface area contributed by atoms with Gasteiger partial charge < -0.3 is 9.64 Å². The Kier molecular flexibility index (Phi) is 8.81. The average Bonchev–Trinajstić information content (AvgIpc) is 3.44. The average molecular weight is 612 g/mol. The summed E-state index contributed by atoms with van der Waals surface area (Å²) >= 11 is 0. The molecule has 5 rings (SSSR count). The Morgan fingerprint density at radius 1 is 1.05 bits per heavy atom. The molecule has 3 heterocycles. The first kappa shape index (κ1) is 31.3. The van der Waals surface area contributed by atoms with Crippen LogP contribution in [0.3, 0.4) is 0 Å². The SMILES string of the molecule is Cc1ccccc1C1=CC(N2CCC(N(C)C)C2)OC2=NCNCC2C(Cc2cc(C(F)(F)F)cc(C(F)(F)F)c2)N1O. The molecule has 7 nitrogen and oxygen atoms in total. The fourth-order valence-electron chi connectivity index (χ4n) is 5.98. The third kappa shape index (κ3) is 6.84. The first-order valence-electron chi connectivity index (χ1n) is 14.1. The highest BCUT2D eigenvalue weighted by Crippen LogP contribution is 2.38. The van der Waals surface area contributed by atoms with Crippen LogP contribution in [0.2, 0.25) is 0 Å². The molecule has 0 saturated carbocycles. The Balaban J connectivity index is 1.61. The second-order valence-corrected chi connectivity index (χ2v) is 11.5. The number of nitrogens with one attached hydrogen (secondary N) is 1. The molecule has 2 aromatic rings. The molecule has 234 valence electrons. The van der Waals surface area contributed by atoms with Crippen molar-refractivity contribution in [3.8, 4) is 0 Å². The standard InChI is InChI=1S/C30H35F6N5O2/c1-18-6-4-5-7-23(18)26-14-27(40-9-8-22(16-40)39(2)3)43-28-24(15-37-17-38-28)25(41(26)42)12-19-10-20(29(31,32)33)13-21(11-19)30(34,35)36/h4-7,10-11,13-14,22,24-25,27,37,42H,8-9,12,15-17H2,1-3H3. The fourth-order valence-corrected chi connectivity index (χ4v) is 5.98. The number of benzene rings is 2. The zero-order valence-corrected chi connectivity index (χ0v) is 24.1. The zero-order valence-electron chi connectivity index (χ0n) is 24.1. The van der Waals surface area contributed by atoms with Crippen LogP contribution >= 0.6 is 0 Å². The molecule has 0 spiro atoms. The van der Waals surface area contributed by atoms with Gasteiger partial charge in [0.1, 0.15) is 0 Å². The van der Waals surface area contributed by atoms with Crippen molar-refractivity contribution in [3.63, 3.8) is 0 Å². The number of hydrogen-bond donors (Lipinski definition) is 2. The van der Waals surface area contributed by atoms with Gasteiger partial charge in [-0.25, -0.2) is 4.99 Å². The Bertz CT molecular complexity index is 1340. The molecule has 4 unspecified atom stereocenters. The second-order valence-electron chi connectivity index (χ2n) is 11.5. The van der Waals surface area contributed by atoms with E-state index in [2.05, 4.69) is 20.1 Å². The molecule has 1 fully saturated rings. The van der Waals surface area contributed by atoms with E-state index in [0.717, 1.165) is 23.6 Å². The maximum atomic E-state index is 13.7. The molecule has 43 heavy (non-hydrogen) atoms. The number of halogens is 6. The van der Waals surface area contributed by atoms with E-state index in [9.17, 15) is 31.5 Å². The van der Waals surface area contributed by atoms with E-state index in [1.54, 1.807) is 12.1 Å². The lowest BCUT2D eigenvalue weighted by Crippen LogP contribution is -2.53. The van der Waals surface area contributed by atoms with Gasteiger partial charge in [-0.2, -0.15) is 26.3 Å². The van der Waals surface area contributed by atoms with Crippen LogP contribution < -0.4 is 5.32 Å². The van der Waals surface area contributed by atoms with Gasteiger partial charge in [-0.15, -0.1) is 0 Å². The van der Waals surface area contributed by atoms with Crippen LogP contribution in [0.25, 0.3) is 5.70 Å². The van der Waals surface area contributed by atoms with E-state index in [1.165, 1.54) is 0 Å². The normalized spacial score (nSPS) is 25.5. The molecule has 3 aliphatic rings. The lowest BCUT2D eigenvalue weighted by Gasteiger charge is -2.42. The highest BCUT2D eigenvalue weighted by molar-refractivity contribution is 5.82. The molecule has 3 aliphatic heterocycles. The van der Waals surface area contributed by atoms with Crippen molar-refractivity contribution in [2.75, 3.05) is 40.4 Å². The summed E-state index contributed by atoms with van der Waals surface area (Å²) in [4.78, 5) is 8.78. The van der Waals surface area contributed by atoms with E-state index in [4.69, 9.17) is 4.74 Å². The Labute approximate surface area is 246 Å². The van der Waals surface area contributed by atoms with Crippen molar-refractivity contribution in [2.45, 2.75) is 50.4 Å². The zero-order chi connectivity index (χ0) is 31.1. The van der Waals surface area contributed by atoms with Gasteiger partial charge >= 0.3 is 12.4 Å². The predicted molar refractivity (Wildman–Crippen MR) is 149 cm³/mol. The van der Waals surface area contributed by atoms with Crippen molar-refractivity contribution >= 4 is 11.6 Å². The number of likely N-dealkylation sites (tertiary alicyclic amines) is 1. The van der Waals surface area contributed by atoms with E-state index >= 15 is 0 Å². The molecular weight excluding hydrogens is 576 g/mol. The number of nitrogens with zero attached hydrogens (tertiary/aromatic N) is 4. The summed E-state index contributed by atoms with van der Waals surface area (Å²) in [5.41, 5.74) is -1.18. The molecule has 0 radical (unpaired) electrons. The summed E-state index contributed by atoms with van der Waals surface area (Å²) < 4.78 is 88.6. The predicted octanol–water partition coefficient (Wildman–Crippen LogP) is 5.24. The van der Waals surface area contributed by atoms with E-state index in [1.807, 2.05) is 39.2 Å². The minimum absolute atomic E-state index is 0.108. The largest absolute Gasteiger partial charge is 0.458 e. The van der Waals surface area contributed by atoms with Gasteiger partial charge in [-0.3, -0.25) is 20.5 Å². The van der Waals surface area contributed by atoms with E-state index < -0.39 is 41.7 Å². The number of likely N-dealkylation sites (N-methyl/N-ethyl adjacent to an activating group) is 1. The summed E-state index contributed by atoms with van der Waals surface area (Å²) in [6, 6.07) is 8.13. The molecule has 1 saturated heterocycles. The van der Waals surface area contributed by atoms with Crippen LogP contribution in [0.15, 0.2) is 53.5 Å². The smallest absolute Gasteiger partial charge is 0.416 e. The Morgan fingerprint density at radius 3 is 2.33 bits per heavy atom. The number of hydrogen-bond acceptors (Lipinski definition) is 7. The van der Waals surface area contributed by atoms with Gasteiger partial charge in [0.05, 0.1) is 35.5 Å².